The van der Waals surface area contributed by atoms with Crippen LogP contribution in [0.15, 0.2) is 18.2 Å². The Labute approximate surface area is 98.2 Å². The molecule has 0 unspecified atom stereocenters. The van der Waals surface area contributed by atoms with Crippen LogP contribution in [0.5, 0.6) is 5.88 Å². The van der Waals surface area contributed by atoms with Gasteiger partial charge in [0.2, 0.25) is 5.88 Å². The summed E-state index contributed by atoms with van der Waals surface area (Å²) in [5.74, 6) is 0.237. The van der Waals surface area contributed by atoms with Crippen LogP contribution in [0.2, 0.25) is 0 Å². The summed E-state index contributed by atoms with van der Waals surface area (Å²) >= 11 is 0. The lowest BCUT2D eigenvalue weighted by Crippen LogP contribution is -2.34. The standard InChI is InChI=1S/C12H14FN3O/c13-8-1-2-11-10(7-8)12(16-15-11)17-9-3-5-14-6-4-9/h1-2,7,9,14H,3-6H2,(H,15,16). The first-order valence-electron chi connectivity index (χ1n) is 5.84. The predicted molar refractivity (Wildman–Crippen MR) is 62.6 cm³/mol. The zero-order valence-electron chi connectivity index (χ0n) is 9.37. The highest BCUT2D eigenvalue weighted by Crippen LogP contribution is 2.25. The van der Waals surface area contributed by atoms with E-state index in [-0.39, 0.29) is 11.9 Å². The summed E-state index contributed by atoms with van der Waals surface area (Å²) in [6.45, 7) is 1.92. The summed E-state index contributed by atoms with van der Waals surface area (Å²) in [5.41, 5.74) is 0.801. The highest BCUT2D eigenvalue weighted by atomic mass is 19.1. The van der Waals surface area contributed by atoms with E-state index in [1.54, 1.807) is 6.07 Å². The average molecular weight is 235 g/mol. The molecule has 90 valence electrons. The Hall–Kier alpha value is -1.62. The summed E-state index contributed by atoms with van der Waals surface area (Å²) in [5, 5.41) is 10.9. The Bertz CT molecular complexity index is 519. The summed E-state index contributed by atoms with van der Waals surface area (Å²) in [7, 11) is 0. The Morgan fingerprint density at radius 2 is 2.12 bits per heavy atom. The molecule has 1 aliphatic heterocycles. The Balaban J connectivity index is 1.86. The SMILES string of the molecule is Fc1ccc2[nH]nc(OC3CCNCC3)c2c1. The van der Waals surface area contributed by atoms with Crippen LogP contribution in [0.4, 0.5) is 4.39 Å². The normalized spacial score (nSPS) is 17.5. The van der Waals surface area contributed by atoms with Crippen LogP contribution in [-0.2, 0) is 0 Å². The highest BCUT2D eigenvalue weighted by Gasteiger charge is 2.17. The van der Waals surface area contributed by atoms with Crippen LogP contribution >= 0.6 is 0 Å². The van der Waals surface area contributed by atoms with Gasteiger partial charge in [0.05, 0.1) is 10.9 Å². The molecule has 2 N–H and O–H groups in total. The molecule has 1 aromatic carbocycles. The first-order chi connectivity index (χ1) is 8.33. The van der Waals surface area contributed by atoms with Crippen molar-refractivity contribution in [3.63, 3.8) is 0 Å². The number of hydrogen-bond donors (Lipinski definition) is 2. The molecule has 17 heavy (non-hydrogen) atoms. The van der Waals surface area contributed by atoms with Gasteiger partial charge in [-0.15, -0.1) is 5.10 Å². The monoisotopic (exact) mass is 235 g/mol. The zero-order chi connectivity index (χ0) is 11.7. The number of piperidine rings is 1. The fraction of sp³-hybridized carbons (Fsp3) is 0.417. The van der Waals surface area contributed by atoms with E-state index >= 15 is 0 Å². The van der Waals surface area contributed by atoms with Gasteiger partial charge in [0.15, 0.2) is 0 Å². The van der Waals surface area contributed by atoms with Crippen LogP contribution in [0, 0.1) is 5.82 Å². The fourth-order valence-corrected chi connectivity index (χ4v) is 2.12. The number of aromatic nitrogens is 2. The maximum atomic E-state index is 13.2. The molecule has 0 amide bonds. The minimum absolute atomic E-state index is 0.172. The van der Waals surface area contributed by atoms with Gasteiger partial charge < -0.3 is 10.1 Å². The van der Waals surface area contributed by atoms with E-state index in [2.05, 4.69) is 15.5 Å². The van der Waals surface area contributed by atoms with Crippen LogP contribution in [0.25, 0.3) is 10.9 Å². The average Bonchev–Trinajstić information content (AvgIpc) is 2.73. The molecule has 1 saturated heterocycles. The van der Waals surface area contributed by atoms with E-state index in [1.807, 2.05) is 0 Å². The number of aromatic amines is 1. The first-order valence-corrected chi connectivity index (χ1v) is 5.84. The molecule has 5 heteroatoms. The van der Waals surface area contributed by atoms with E-state index in [9.17, 15) is 4.39 Å². The number of hydrogen-bond acceptors (Lipinski definition) is 3. The molecular weight excluding hydrogens is 221 g/mol. The van der Waals surface area contributed by atoms with Gasteiger partial charge in [-0.3, -0.25) is 5.10 Å². The van der Waals surface area contributed by atoms with Crippen molar-refractivity contribution in [1.82, 2.24) is 15.5 Å². The van der Waals surface area contributed by atoms with Crippen molar-refractivity contribution in [3.05, 3.63) is 24.0 Å². The molecule has 3 rings (SSSR count). The maximum Gasteiger partial charge on any atom is 0.240 e. The van der Waals surface area contributed by atoms with Crippen molar-refractivity contribution < 1.29 is 9.13 Å². The third-order valence-corrected chi connectivity index (χ3v) is 3.05. The van der Waals surface area contributed by atoms with E-state index in [0.29, 0.717) is 11.3 Å². The van der Waals surface area contributed by atoms with Crippen molar-refractivity contribution in [2.45, 2.75) is 18.9 Å². The molecule has 2 heterocycles. The van der Waals surface area contributed by atoms with Gasteiger partial charge in [0.25, 0.3) is 0 Å². The molecule has 0 radical (unpaired) electrons. The van der Waals surface area contributed by atoms with Crippen molar-refractivity contribution in [2.24, 2.45) is 0 Å². The number of H-pyrrole nitrogens is 1. The molecule has 0 atom stereocenters. The van der Waals surface area contributed by atoms with Gasteiger partial charge >= 0.3 is 0 Å². The molecule has 0 saturated carbocycles. The van der Waals surface area contributed by atoms with Gasteiger partial charge in [-0.2, -0.15) is 0 Å². The van der Waals surface area contributed by atoms with Crippen LogP contribution in [0.1, 0.15) is 12.8 Å². The lowest BCUT2D eigenvalue weighted by molar-refractivity contribution is 0.157. The lowest BCUT2D eigenvalue weighted by Gasteiger charge is -2.22. The molecule has 4 nitrogen and oxygen atoms in total. The van der Waals surface area contributed by atoms with E-state index in [0.717, 1.165) is 31.4 Å². The van der Waals surface area contributed by atoms with Crippen LogP contribution in [-0.4, -0.2) is 29.4 Å². The van der Waals surface area contributed by atoms with Gasteiger partial charge in [0, 0.05) is 0 Å². The number of fused-ring (bicyclic) bond motifs is 1. The lowest BCUT2D eigenvalue weighted by atomic mass is 10.1. The van der Waals surface area contributed by atoms with Gasteiger partial charge in [0.1, 0.15) is 11.9 Å². The Morgan fingerprint density at radius 3 is 2.94 bits per heavy atom. The summed E-state index contributed by atoms with van der Waals surface area (Å²) < 4.78 is 19.0. The number of nitrogens with one attached hydrogen (secondary N) is 2. The van der Waals surface area contributed by atoms with E-state index in [4.69, 9.17) is 4.74 Å². The van der Waals surface area contributed by atoms with E-state index in [1.165, 1.54) is 12.1 Å². The van der Waals surface area contributed by atoms with Gasteiger partial charge in [-0.25, -0.2) is 4.39 Å². The van der Waals surface area contributed by atoms with Crippen molar-refractivity contribution in [3.8, 4) is 5.88 Å². The number of nitrogens with zero attached hydrogens (tertiary/aromatic N) is 1. The Kier molecular flexibility index (Phi) is 2.68. The largest absolute Gasteiger partial charge is 0.473 e. The summed E-state index contributed by atoms with van der Waals surface area (Å²) in [6, 6.07) is 4.54. The second-order valence-electron chi connectivity index (χ2n) is 4.29. The van der Waals surface area contributed by atoms with Crippen molar-refractivity contribution >= 4 is 10.9 Å². The molecule has 1 fully saturated rings. The van der Waals surface area contributed by atoms with Gasteiger partial charge in [-0.1, -0.05) is 0 Å². The molecule has 0 spiro atoms. The molecule has 1 aromatic heterocycles. The number of benzene rings is 1. The quantitative estimate of drug-likeness (QED) is 0.835. The molecule has 2 aromatic rings. The second kappa shape index (κ2) is 4.33. The number of rotatable bonds is 2. The first kappa shape index (κ1) is 10.5. The minimum atomic E-state index is -0.269. The molecular formula is C12H14FN3O. The summed E-state index contributed by atoms with van der Waals surface area (Å²) in [6.07, 6.45) is 2.10. The van der Waals surface area contributed by atoms with Crippen molar-refractivity contribution in [1.29, 1.82) is 0 Å². The van der Waals surface area contributed by atoms with Crippen LogP contribution < -0.4 is 10.1 Å². The predicted octanol–water partition coefficient (Wildman–Crippen LogP) is 1.83. The number of ether oxygens (including phenoxy) is 1. The third-order valence-electron chi connectivity index (χ3n) is 3.05. The zero-order valence-corrected chi connectivity index (χ0v) is 9.37. The third kappa shape index (κ3) is 2.10. The minimum Gasteiger partial charge on any atom is -0.473 e. The van der Waals surface area contributed by atoms with Gasteiger partial charge in [-0.05, 0) is 44.1 Å². The second-order valence-corrected chi connectivity index (χ2v) is 4.29. The summed E-state index contributed by atoms with van der Waals surface area (Å²) in [4.78, 5) is 0. The smallest absolute Gasteiger partial charge is 0.240 e. The molecule has 1 aliphatic rings. The Morgan fingerprint density at radius 1 is 1.29 bits per heavy atom. The van der Waals surface area contributed by atoms with Crippen molar-refractivity contribution in [2.75, 3.05) is 13.1 Å². The highest BCUT2D eigenvalue weighted by molar-refractivity contribution is 5.83. The topological polar surface area (TPSA) is 49.9 Å². The van der Waals surface area contributed by atoms with E-state index < -0.39 is 0 Å². The molecule has 0 bridgehead atoms. The van der Waals surface area contributed by atoms with Crippen LogP contribution in [0.3, 0.4) is 0 Å². The maximum absolute atomic E-state index is 13.2. The fourth-order valence-electron chi connectivity index (χ4n) is 2.12. The number of halogens is 1. The molecule has 0 aliphatic carbocycles.